The minimum absolute atomic E-state index is 0.251. The van der Waals surface area contributed by atoms with Gasteiger partial charge < -0.3 is 19.5 Å². The van der Waals surface area contributed by atoms with Crippen LogP contribution in [0.1, 0.15) is 16.1 Å². The van der Waals surface area contributed by atoms with Crippen molar-refractivity contribution in [2.75, 3.05) is 19.2 Å². The first-order valence-electron chi connectivity index (χ1n) is 10.5. The van der Waals surface area contributed by atoms with Crippen LogP contribution in [0.15, 0.2) is 41.9 Å². The largest absolute Gasteiger partial charge is 0.495 e. The van der Waals surface area contributed by atoms with E-state index >= 15 is 0 Å². The topological polar surface area (TPSA) is 86.5 Å². The molecule has 0 atom stereocenters. The second-order valence-corrected chi connectivity index (χ2v) is 8.68. The van der Waals surface area contributed by atoms with Gasteiger partial charge in [0.05, 0.1) is 29.0 Å². The number of ether oxygens (including phenoxy) is 3. The molecule has 0 fully saturated rings. The fraction of sp³-hybridized carbons (Fsp3) is 0.167. The van der Waals surface area contributed by atoms with Crippen LogP contribution in [0.2, 0.25) is 0 Å². The van der Waals surface area contributed by atoms with Crippen molar-refractivity contribution < 1.29 is 23.6 Å². The van der Waals surface area contributed by atoms with E-state index in [0.29, 0.717) is 11.4 Å². The third-order valence-electron chi connectivity index (χ3n) is 6.43. The average molecular weight is 457 g/mol. The fourth-order valence-corrected chi connectivity index (χ4v) is 5.44. The van der Waals surface area contributed by atoms with Crippen molar-refractivity contribution in [3.05, 3.63) is 53.2 Å². The van der Waals surface area contributed by atoms with Crippen molar-refractivity contribution >= 4 is 55.6 Å². The number of anilines is 1. The molecule has 0 radical (unpaired) electrons. The van der Waals surface area contributed by atoms with Gasteiger partial charge in [0.2, 0.25) is 12.3 Å². The van der Waals surface area contributed by atoms with E-state index in [9.17, 15) is 4.79 Å². The molecular weight excluding hydrogens is 440 g/mol. The molecule has 2 aliphatic rings. The number of amides is 1. The number of aromatic nitrogens is 3. The van der Waals surface area contributed by atoms with Crippen LogP contribution in [0.4, 0.5) is 5.69 Å². The van der Waals surface area contributed by atoms with Gasteiger partial charge in [-0.3, -0.25) is 4.79 Å². The number of methoxy groups -OCH3 is 1. The normalized spacial score (nSPS) is 13.8. The van der Waals surface area contributed by atoms with Crippen LogP contribution in [0.5, 0.6) is 17.2 Å². The summed E-state index contributed by atoms with van der Waals surface area (Å²) in [6.45, 7) is 1.07. The van der Waals surface area contributed by atoms with Crippen LogP contribution in [-0.2, 0) is 13.0 Å². The number of hydrogen-bond acceptors (Lipinski definition) is 7. The summed E-state index contributed by atoms with van der Waals surface area (Å²) in [6, 6.07) is 10.3. The summed E-state index contributed by atoms with van der Waals surface area (Å²) in [5.74, 6) is 1.90. The van der Waals surface area contributed by atoms with Crippen LogP contribution >= 0.6 is 11.5 Å². The molecule has 0 unspecified atom stereocenters. The number of benzene rings is 3. The minimum atomic E-state index is -0.318. The zero-order chi connectivity index (χ0) is 22.1. The zero-order valence-corrected chi connectivity index (χ0v) is 18.4. The first kappa shape index (κ1) is 18.6. The number of nitrogens with zero attached hydrogens (tertiary/aromatic N) is 3. The Morgan fingerprint density at radius 3 is 2.88 bits per heavy atom. The highest BCUT2D eigenvalue weighted by molar-refractivity contribution is 7.03. The lowest BCUT2D eigenvalue weighted by atomic mass is 9.92. The molecule has 7 rings (SSSR count). The smallest absolute Gasteiger partial charge is 0.277 e. The lowest BCUT2D eigenvalue weighted by molar-refractivity contribution is -0.670. The van der Waals surface area contributed by atoms with E-state index in [-0.39, 0.29) is 18.4 Å². The molecule has 2 aromatic heterocycles. The molecule has 3 aromatic carbocycles. The molecule has 8 nitrogen and oxygen atoms in total. The van der Waals surface area contributed by atoms with Gasteiger partial charge in [0.25, 0.3) is 5.91 Å². The summed E-state index contributed by atoms with van der Waals surface area (Å²) in [5, 5.41) is 13.8. The number of hydrogen-bond donors (Lipinski definition) is 1. The number of aryl methyl sites for hydroxylation is 2. The molecule has 4 heterocycles. The van der Waals surface area contributed by atoms with Crippen molar-refractivity contribution in [1.29, 1.82) is 0 Å². The van der Waals surface area contributed by atoms with Gasteiger partial charge in [-0.25, -0.2) is 0 Å². The van der Waals surface area contributed by atoms with Gasteiger partial charge in [0.15, 0.2) is 29.9 Å². The molecule has 0 aliphatic carbocycles. The van der Waals surface area contributed by atoms with E-state index in [0.717, 1.165) is 63.1 Å². The van der Waals surface area contributed by atoms with Gasteiger partial charge in [-0.1, -0.05) is 4.49 Å². The molecule has 5 aromatic rings. The van der Waals surface area contributed by atoms with E-state index in [4.69, 9.17) is 14.2 Å². The van der Waals surface area contributed by atoms with Crippen LogP contribution < -0.4 is 24.1 Å². The highest BCUT2D eigenvalue weighted by atomic mass is 32.1. The van der Waals surface area contributed by atoms with Gasteiger partial charge in [0.1, 0.15) is 5.75 Å². The molecule has 1 amide bonds. The Hall–Kier alpha value is -3.98. The Morgan fingerprint density at radius 1 is 1.15 bits per heavy atom. The summed E-state index contributed by atoms with van der Waals surface area (Å²) >= 11 is 1.14. The zero-order valence-electron chi connectivity index (χ0n) is 17.5. The molecule has 9 heteroatoms. The second-order valence-electron chi connectivity index (χ2n) is 8.07. The Labute approximate surface area is 191 Å². The molecule has 0 saturated heterocycles. The highest BCUT2D eigenvalue weighted by Crippen LogP contribution is 2.45. The summed E-state index contributed by atoms with van der Waals surface area (Å²) in [5.41, 5.74) is 3.32. The maximum Gasteiger partial charge on any atom is 0.277 e. The average Bonchev–Trinajstić information content (AvgIpc) is 3.54. The lowest BCUT2D eigenvalue weighted by Gasteiger charge is -2.18. The van der Waals surface area contributed by atoms with E-state index in [2.05, 4.69) is 43.9 Å². The maximum absolute atomic E-state index is 12.8. The van der Waals surface area contributed by atoms with Crippen molar-refractivity contribution in [2.45, 2.75) is 13.0 Å². The van der Waals surface area contributed by atoms with Crippen LogP contribution in [0.25, 0.3) is 32.4 Å². The Kier molecular flexibility index (Phi) is 3.80. The van der Waals surface area contributed by atoms with E-state index in [1.807, 2.05) is 12.1 Å². The number of fused-ring (bicyclic) bond motifs is 4. The number of nitrogens with one attached hydrogen (secondary N) is 1. The molecular formula is C24H17N4O4S+. The Balaban J connectivity index is 1.53. The Bertz CT molecular complexity index is 1630. The monoisotopic (exact) mass is 457 g/mol. The second kappa shape index (κ2) is 6.76. The maximum atomic E-state index is 12.8. The van der Waals surface area contributed by atoms with E-state index < -0.39 is 0 Å². The number of carbonyl (C=O) groups excluding carboxylic acids is 1. The predicted octanol–water partition coefficient (Wildman–Crippen LogP) is 3.83. The minimum Gasteiger partial charge on any atom is -0.495 e. The standard InChI is InChI=1S/C24H16N4O4S/c1-30-18-5-4-13-14-2-3-15-20-12(8-19-23(15)32-11-31-19)6-7-28(22(14)20)9-16(13)21(18)25-24(29)17-10-33-27-26-17/h2-5,8-10H,6-7,11H2,1H3/p+1. The summed E-state index contributed by atoms with van der Waals surface area (Å²) in [4.78, 5) is 12.8. The van der Waals surface area contributed by atoms with E-state index in [1.54, 1.807) is 12.5 Å². The summed E-state index contributed by atoms with van der Waals surface area (Å²) in [7, 11) is 1.60. The molecule has 0 bridgehead atoms. The summed E-state index contributed by atoms with van der Waals surface area (Å²) < 4.78 is 23.1. The first-order valence-corrected chi connectivity index (χ1v) is 11.4. The molecule has 162 valence electrons. The molecule has 2 aliphatic heterocycles. The van der Waals surface area contributed by atoms with Crippen LogP contribution in [0, 0.1) is 0 Å². The lowest BCUT2D eigenvalue weighted by Crippen LogP contribution is -2.38. The molecule has 0 saturated carbocycles. The molecule has 0 spiro atoms. The van der Waals surface area contributed by atoms with Crippen LogP contribution in [-0.4, -0.2) is 29.4 Å². The van der Waals surface area contributed by atoms with Gasteiger partial charge in [-0.15, -0.1) is 5.10 Å². The van der Waals surface area contributed by atoms with Crippen molar-refractivity contribution in [3.63, 3.8) is 0 Å². The van der Waals surface area contributed by atoms with Crippen molar-refractivity contribution in [1.82, 2.24) is 9.59 Å². The number of carbonyl (C=O) groups is 1. The molecule has 33 heavy (non-hydrogen) atoms. The van der Waals surface area contributed by atoms with Gasteiger partial charge >= 0.3 is 0 Å². The Morgan fingerprint density at radius 2 is 2.03 bits per heavy atom. The number of rotatable bonds is 3. The third-order valence-corrected chi connectivity index (χ3v) is 6.94. The van der Waals surface area contributed by atoms with Crippen LogP contribution in [0.3, 0.4) is 0 Å². The highest BCUT2D eigenvalue weighted by Gasteiger charge is 2.30. The van der Waals surface area contributed by atoms with E-state index in [1.165, 1.54) is 10.9 Å². The van der Waals surface area contributed by atoms with Crippen molar-refractivity contribution in [2.24, 2.45) is 0 Å². The SMILES string of the molecule is COc1ccc2c(c[n+]3c4c2ccc2c5c(cc(c24)CC3)OCO5)c1NC(=O)c1csnn1. The van der Waals surface area contributed by atoms with Gasteiger partial charge in [0, 0.05) is 22.6 Å². The van der Waals surface area contributed by atoms with Crippen molar-refractivity contribution in [3.8, 4) is 17.2 Å². The predicted molar refractivity (Wildman–Crippen MR) is 123 cm³/mol. The third kappa shape index (κ3) is 2.56. The fourth-order valence-electron chi connectivity index (χ4n) is 5.00. The first-order chi connectivity index (χ1) is 16.2. The summed E-state index contributed by atoms with van der Waals surface area (Å²) in [6.07, 6.45) is 2.98. The van der Waals surface area contributed by atoms with Gasteiger partial charge in [-0.2, -0.15) is 4.57 Å². The van der Waals surface area contributed by atoms with Gasteiger partial charge in [-0.05, 0) is 47.4 Å². The molecule has 1 N–H and O–H groups in total. The number of pyridine rings is 1. The quantitative estimate of drug-likeness (QED) is 0.327.